The van der Waals surface area contributed by atoms with E-state index in [2.05, 4.69) is 63.1 Å². The maximum Gasteiger partial charge on any atom is 0.0376 e. The minimum absolute atomic E-state index is 0.322. The van der Waals surface area contributed by atoms with E-state index in [-0.39, 0.29) is 0 Å². The van der Waals surface area contributed by atoms with Crippen molar-refractivity contribution in [1.29, 1.82) is 0 Å². The third-order valence-corrected chi connectivity index (χ3v) is 4.00. The number of hydrogen-bond donors (Lipinski definition) is 1. The van der Waals surface area contributed by atoms with Gasteiger partial charge in [-0.3, -0.25) is 4.98 Å². The summed E-state index contributed by atoms with van der Waals surface area (Å²) >= 11 is 0. The first-order valence-corrected chi connectivity index (χ1v) is 7.73. The number of nitrogens with zero attached hydrogens (tertiary/aromatic N) is 1. The van der Waals surface area contributed by atoms with Gasteiger partial charge in [0.15, 0.2) is 0 Å². The Kier molecular flexibility index (Phi) is 5.13. The molecule has 0 radical (unpaired) electrons. The molecule has 1 N–H and O–H groups in total. The van der Waals surface area contributed by atoms with Gasteiger partial charge in [-0.1, -0.05) is 30.7 Å². The SMILES string of the molecule is CCNC(Cc1c(C)cc(C)cc1C)c1cncc(C)c1. The Morgan fingerprint density at radius 3 is 2.19 bits per heavy atom. The van der Waals surface area contributed by atoms with Crippen molar-refractivity contribution < 1.29 is 0 Å². The standard InChI is InChI=1S/C19H26N2/c1-6-21-19(17-9-14(3)11-20-12-17)10-18-15(4)7-13(2)8-16(18)5/h7-9,11-12,19,21H,6,10H2,1-5H3. The maximum atomic E-state index is 4.35. The van der Waals surface area contributed by atoms with Crippen LogP contribution in [0.25, 0.3) is 0 Å². The summed E-state index contributed by atoms with van der Waals surface area (Å²) in [6, 6.07) is 7.11. The molecule has 0 aliphatic heterocycles. The van der Waals surface area contributed by atoms with E-state index in [1.807, 2.05) is 12.4 Å². The van der Waals surface area contributed by atoms with Gasteiger partial charge in [0.05, 0.1) is 0 Å². The Hall–Kier alpha value is -1.67. The number of rotatable bonds is 5. The molecular weight excluding hydrogens is 256 g/mol. The van der Waals surface area contributed by atoms with Crippen molar-refractivity contribution in [2.45, 2.75) is 47.1 Å². The van der Waals surface area contributed by atoms with Crippen LogP contribution in [0, 0.1) is 27.7 Å². The minimum Gasteiger partial charge on any atom is -0.310 e. The molecule has 1 atom stereocenters. The Balaban J connectivity index is 2.33. The first-order valence-electron chi connectivity index (χ1n) is 7.73. The molecular formula is C19H26N2. The van der Waals surface area contributed by atoms with Crippen LogP contribution in [-0.2, 0) is 6.42 Å². The smallest absolute Gasteiger partial charge is 0.0376 e. The second kappa shape index (κ2) is 6.86. The number of likely N-dealkylation sites (N-methyl/N-ethyl adjacent to an activating group) is 1. The molecule has 1 aromatic heterocycles. The summed E-state index contributed by atoms with van der Waals surface area (Å²) in [6.45, 7) is 11.8. The van der Waals surface area contributed by atoms with Gasteiger partial charge < -0.3 is 5.32 Å². The lowest BCUT2D eigenvalue weighted by molar-refractivity contribution is 0.545. The van der Waals surface area contributed by atoms with Gasteiger partial charge in [0.2, 0.25) is 0 Å². The number of hydrogen-bond acceptors (Lipinski definition) is 2. The van der Waals surface area contributed by atoms with Crippen molar-refractivity contribution in [1.82, 2.24) is 10.3 Å². The Bertz CT molecular complexity index is 594. The molecule has 112 valence electrons. The Labute approximate surface area is 128 Å². The number of aromatic nitrogens is 1. The molecule has 2 nitrogen and oxygen atoms in total. The molecule has 0 aliphatic rings. The summed E-state index contributed by atoms with van der Waals surface area (Å²) in [5.74, 6) is 0. The highest BCUT2D eigenvalue weighted by Crippen LogP contribution is 2.24. The number of aryl methyl sites for hydroxylation is 4. The van der Waals surface area contributed by atoms with E-state index in [4.69, 9.17) is 0 Å². The lowest BCUT2D eigenvalue weighted by atomic mass is 9.92. The van der Waals surface area contributed by atoms with Gasteiger partial charge in [0.25, 0.3) is 0 Å². The predicted molar refractivity (Wildman–Crippen MR) is 89.7 cm³/mol. The van der Waals surface area contributed by atoms with Crippen LogP contribution in [0.5, 0.6) is 0 Å². The van der Waals surface area contributed by atoms with Crippen molar-refractivity contribution in [3.05, 3.63) is 64.0 Å². The number of pyridine rings is 1. The molecule has 2 rings (SSSR count). The average Bonchev–Trinajstić information content (AvgIpc) is 2.41. The average molecular weight is 282 g/mol. The van der Waals surface area contributed by atoms with Crippen molar-refractivity contribution >= 4 is 0 Å². The predicted octanol–water partition coefficient (Wildman–Crippen LogP) is 4.21. The second-order valence-corrected chi connectivity index (χ2v) is 5.99. The summed E-state index contributed by atoms with van der Waals surface area (Å²) in [7, 11) is 0. The third-order valence-electron chi connectivity index (χ3n) is 4.00. The molecule has 0 saturated heterocycles. The third kappa shape index (κ3) is 3.92. The Morgan fingerprint density at radius 1 is 0.952 bits per heavy atom. The molecule has 1 unspecified atom stereocenters. The number of benzene rings is 1. The van der Waals surface area contributed by atoms with Gasteiger partial charge in [0, 0.05) is 18.4 Å². The van der Waals surface area contributed by atoms with Crippen molar-refractivity contribution in [3.63, 3.8) is 0 Å². The van der Waals surface area contributed by atoms with Crippen molar-refractivity contribution in [2.24, 2.45) is 0 Å². The quantitative estimate of drug-likeness (QED) is 0.888. The summed E-state index contributed by atoms with van der Waals surface area (Å²) in [5, 5.41) is 3.60. The van der Waals surface area contributed by atoms with Crippen molar-refractivity contribution in [3.8, 4) is 0 Å². The van der Waals surface area contributed by atoms with Gasteiger partial charge in [-0.25, -0.2) is 0 Å². The zero-order valence-electron chi connectivity index (χ0n) is 13.8. The van der Waals surface area contributed by atoms with Gasteiger partial charge in [0.1, 0.15) is 0 Å². The van der Waals surface area contributed by atoms with Crippen LogP contribution in [0.4, 0.5) is 0 Å². The molecule has 2 aromatic rings. The molecule has 0 saturated carbocycles. The second-order valence-electron chi connectivity index (χ2n) is 5.99. The molecule has 2 heteroatoms. The van der Waals surface area contributed by atoms with Gasteiger partial charge >= 0.3 is 0 Å². The molecule has 0 bridgehead atoms. The van der Waals surface area contributed by atoms with E-state index in [0.717, 1.165) is 13.0 Å². The van der Waals surface area contributed by atoms with Gasteiger partial charge in [-0.2, -0.15) is 0 Å². The van der Waals surface area contributed by atoms with Crippen LogP contribution >= 0.6 is 0 Å². The zero-order valence-corrected chi connectivity index (χ0v) is 13.8. The van der Waals surface area contributed by atoms with Crippen molar-refractivity contribution in [2.75, 3.05) is 6.54 Å². The van der Waals surface area contributed by atoms with Gasteiger partial charge in [-0.05, 0) is 68.5 Å². The van der Waals surface area contributed by atoms with Crippen LogP contribution in [0.2, 0.25) is 0 Å². The van der Waals surface area contributed by atoms with Crippen LogP contribution in [0.3, 0.4) is 0 Å². The van der Waals surface area contributed by atoms with E-state index >= 15 is 0 Å². The van der Waals surface area contributed by atoms with E-state index in [9.17, 15) is 0 Å². The number of nitrogens with one attached hydrogen (secondary N) is 1. The molecule has 1 aromatic carbocycles. The first kappa shape index (κ1) is 15.7. The van der Waals surface area contributed by atoms with Crippen LogP contribution in [0.1, 0.15) is 46.3 Å². The van der Waals surface area contributed by atoms with E-state index in [0.29, 0.717) is 6.04 Å². The monoisotopic (exact) mass is 282 g/mol. The Morgan fingerprint density at radius 2 is 1.62 bits per heavy atom. The lowest BCUT2D eigenvalue weighted by Crippen LogP contribution is -2.24. The minimum atomic E-state index is 0.322. The summed E-state index contributed by atoms with van der Waals surface area (Å²) in [4.78, 5) is 4.35. The van der Waals surface area contributed by atoms with E-state index in [1.165, 1.54) is 33.4 Å². The maximum absolute atomic E-state index is 4.35. The highest BCUT2D eigenvalue weighted by Gasteiger charge is 2.15. The van der Waals surface area contributed by atoms with Crippen LogP contribution < -0.4 is 5.32 Å². The largest absolute Gasteiger partial charge is 0.310 e. The highest BCUT2D eigenvalue weighted by molar-refractivity contribution is 5.39. The normalized spacial score (nSPS) is 12.4. The topological polar surface area (TPSA) is 24.9 Å². The molecule has 0 amide bonds. The lowest BCUT2D eigenvalue weighted by Gasteiger charge is -2.21. The van der Waals surface area contributed by atoms with Crippen LogP contribution in [-0.4, -0.2) is 11.5 Å². The van der Waals surface area contributed by atoms with E-state index in [1.54, 1.807) is 0 Å². The van der Waals surface area contributed by atoms with E-state index < -0.39 is 0 Å². The summed E-state index contributed by atoms with van der Waals surface area (Å²) < 4.78 is 0. The fourth-order valence-electron chi connectivity index (χ4n) is 3.06. The van der Waals surface area contributed by atoms with Crippen LogP contribution in [0.15, 0.2) is 30.6 Å². The molecule has 0 fully saturated rings. The molecule has 21 heavy (non-hydrogen) atoms. The fourth-order valence-corrected chi connectivity index (χ4v) is 3.06. The fraction of sp³-hybridized carbons (Fsp3) is 0.421. The highest BCUT2D eigenvalue weighted by atomic mass is 14.9. The summed E-state index contributed by atoms with van der Waals surface area (Å²) in [5.41, 5.74) is 8.05. The molecule has 0 spiro atoms. The molecule has 1 heterocycles. The van der Waals surface area contributed by atoms with Gasteiger partial charge in [-0.15, -0.1) is 0 Å². The molecule has 0 aliphatic carbocycles. The first-order chi connectivity index (χ1) is 10.0. The summed E-state index contributed by atoms with van der Waals surface area (Å²) in [6.07, 6.45) is 4.91. The zero-order chi connectivity index (χ0) is 15.4.